The molecule has 1 aliphatic carbocycles. The summed E-state index contributed by atoms with van der Waals surface area (Å²) in [6.07, 6.45) is 5.37. The average molecular weight is 243 g/mol. The minimum Gasteiger partial charge on any atom is -0.456 e. The summed E-state index contributed by atoms with van der Waals surface area (Å²) in [5, 5.41) is 0. The van der Waals surface area contributed by atoms with E-state index in [1.54, 1.807) is 0 Å². The lowest BCUT2D eigenvalue weighted by Gasteiger charge is -2.10. The monoisotopic (exact) mass is 243 g/mol. The lowest BCUT2D eigenvalue weighted by atomic mass is 10.1. The molecule has 2 nitrogen and oxygen atoms in total. The zero-order valence-corrected chi connectivity index (χ0v) is 11.1. The van der Waals surface area contributed by atoms with E-state index in [0.29, 0.717) is 5.76 Å². The summed E-state index contributed by atoms with van der Waals surface area (Å²) in [6.45, 7) is 6.83. The number of ether oxygens (including phenoxy) is 1. The molecular weight excluding hydrogens is 222 g/mol. The number of para-hydroxylation sites is 1. The Morgan fingerprint density at radius 2 is 1.94 bits per heavy atom. The third kappa shape index (κ3) is 3.73. The van der Waals surface area contributed by atoms with Crippen LogP contribution in [0.1, 0.15) is 32.6 Å². The smallest absolute Gasteiger partial charge is 0.140 e. The quantitative estimate of drug-likeness (QED) is 0.560. The maximum Gasteiger partial charge on any atom is 0.140 e. The van der Waals surface area contributed by atoms with Crippen molar-refractivity contribution in [2.75, 3.05) is 6.54 Å². The van der Waals surface area contributed by atoms with E-state index in [1.807, 2.05) is 37.3 Å². The highest BCUT2D eigenvalue weighted by atomic mass is 16.5. The SMILES string of the molecule is C=C(Oc1ccccc1)C(C)=NCC1CCCC1. The molecule has 1 aliphatic rings. The summed E-state index contributed by atoms with van der Waals surface area (Å²) < 4.78 is 5.67. The zero-order valence-electron chi connectivity index (χ0n) is 11.1. The molecule has 0 amide bonds. The van der Waals surface area contributed by atoms with Crippen molar-refractivity contribution in [3.05, 3.63) is 42.7 Å². The van der Waals surface area contributed by atoms with Crippen molar-refractivity contribution in [3.63, 3.8) is 0 Å². The molecule has 1 fully saturated rings. The highest BCUT2D eigenvalue weighted by molar-refractivity contribution is 5.96. The van der Waals surface area contributed by atoms with Gasteiger partial charge < -0.3 is 4.74 Å². The van der Waals surface area contributed by atoms with Gasteiger partial charge in [0.05, 0.1) is 5.71 Å². The van der Waals surface area contributed by atoms with Crippen LogP contribution in [-0.2, 0) is 0 Å². The van der Waals surface area contributed by atoms with Crippen molar-refractivity contribution in [1.82, 2.24) is 0 Å². The van der Waals surface area contributed by atoms with Crippen LogP contribution in [0.5, 0.6) is 5.75 Å². The average Bonchev–Trinajstić information content (AvgIpc) is 2.90. The molecule has 0 unspecified atom stereocenters. The van der Waals surface area contributed by atoms with Crippen LogP contribution in [0, 0.1) is 5.92 Å². The highest BCUT2D eigenvalue weighted by Crippen LogP contribution is 2.25. The van der Waals surface area contributed by atoms with E-state index in [1.165, 1.54) is 25.7 Å². The molecule has 0 spiro atoms. The Labute approximate surface area is 109 Å². The molecule has 96 valence electrons. The maximum atomic E-state index is 5.67. The first-order valence-corrected chi connectivity index (χ1v) is 6.69. The molecule has 1 aromatic carbocycles. The van der Waals surface area contributed by atoms with E-state index < -0.39 is 0 Å². The zero-order chi connectivity index (χ0) is 12.8. The summed E-state index contributed by atoms with van der Waals surface area (Å²) >= 11 is 0. The Morgan fingerprint density at radius 1 is 1.28 bits per heavy atom. The fourth-order valence-electron chi connectivity index (χ4n) is 2.25. The van der Waals surface area contributed by atoms with Crippen molar-refractivity contribution in [3.8, 4) is 5.75 Å². The van der Waals surface area contributed by atoms with E-state index >= 15 is 0 Å². The molecule has 0 aliphatic heterocycles. The molecule has 0 radical (unpaired) electrons. The standard InChI is InChI=1S/C16H21NO/c1-13(17-12-15-8-6-7-9-15)14(2)18-16-10-4-3-5-11-16/h3-5,10-11,15H,2,6-9,12H2,1H3. The Kier molecular flexibility index (Phi) is 4.57. The summed E-state index contributed by atoms with van der Waals surface area (Å²) in [4.78, 5) is 4.59. The van der Waals surface area contributed by atoms with E-state index in [0.717, 1.165) is 23.9 Å². The number of hydrogen-bond acceptors (Lipinski definition) is 2. The van der Waals surface area contributed by atoms with Crippen LogP contribution in [0.4, 0.5) is 0 Å². The highest BCUT2D eigenvalue weighted by Gasteiger charge is 2.14. The van der Waals surface area contributed by atoms with Gasteiger partial charge in [-0.2, -0.15) is 0 Å². The van der Waals surface area contributed by atoms with Crippen LogP contribution in [0.2, 0.25) is 0 Å². The van der Waals surface area contributed by atoms with E-state index in [9.17, 15) is 0 Å². The van der Waals surface area contributed by atoms with Gasteiger partial charge in [-0.1, -0.05) is 37.6 Å². The van der Waals surface area contributed by atoms with Gasteiger partial charge in [0.1, 0.15) is 11.5 Å². The third-order valence-electron chi connectivity index (χ3n) is 3.45. The normalized spacial score (nSPS) is 16.8. The lowest BCUT2D eigenvalue weighted by Crippen LogP contribution is -2.07. The van der Waals surface area contributed by atoms with E-state index in [-0.39, 0.29) is 0 Å². The fourth-order valence-corrected chi connectivity index (χ4v) is 2.25. The Balaban J connectivity index is 1.86. The second kappa shape index (κ2) is 6.39. The molecule has 1 aromatic rings. The van der Waals surface area contributed by atoms with Crippen LogP contribution in [0.3, 0.4) is 0 Å². The van der Waals surface area contributed by atoms with Gasteiger partial charge >= 0.3 is 0 Å². The van der Waals surface area contributed by atoms with Gasteiger partial charge in [0.2, 0.25) is 0 Å². The van der Waals surface area contributed by atoms with Crippen molar-refractivity contribution in [1.29, 1.82) is 0 Å². The van der Waals surface area contributed by atoms with Gasteiger partial charge in [-0.05, 0) is 37.8 Å². The van der Waals surface area contributed by atoms with E-state index in [2.05, 4.69) is 11.6 Å². The second-order valence-corrected chi connectivity index (χ2v) is 4.91. The second-order valence-electron chi connectivity index (χ2n) is 4.91. The predicted octanol–water partition coefficient (Wildman–Crippen LogP) is 4.23. The minimum absolute atomic E-state index is 0.652. The van der Waals surface area contributed by atoms with Crippen molar-refractivity contribution < 1.29 is 4.74 Å². The van der Waals surface area contributed by atoms with Gasteiger partial charge in [-0.3, -0.25) is 4.99 Å². The van der Waals surface area contributed by atoms with Crippen LogP contribution in [0.15, 0.2) is 47.7 Å². The summed E-state index contributed by atoms with van der Waals surface area (Å²) in [5.41, 5.74) is 0.908. The molecule has 0 heterocycles. The molecule has 18 heavy (non-hydrogen) atoms. The van der Waals surface area contributed by atoms with Crippen LogP contribution < -0.4 is 4.74 Å². The molecule has 2 heteroatoms. The van der Waals surface area contributed by atoms with Crippen LogP contribution in [0.25, 0.3) is 0 Å². The Bertz CT molecular complexity index is 416. The molecule has 2 rings (SSSR count). The van der Waals surface area contributed by atoms with Gasteiger partial charge in [0.15, 0.2) is 0 Å². The van der Waals surface area contributed by atoms with Gasteiger partial charge in [0.25, 0.3) is 0 Å². The number of rotatable bonds is 5. The topological polar surface area (TPSA) is 21.6 Å². The van der Waals surface area contributed by atoms with Crippen LogP contribution >= 0.6 is 0 Å². The largest absolute Gasteiger partial charge is 0.456 e. The Morgan fingerprint density at radius 3 is 2.61 bits per heavy atom. The molecule has 0 saturated heterocycles. The first-order chi connectivity index (χ1) is 8.75. The first-order valence-electron chi connectivity index (χ1n) is 6.69. The van der Waals surface area contributed by atoms with Crippen molar-refractivity contribution >= 4 is 5.71 Å². The number of hydrogen-bond donors (Lipinski definition) is 0. The molecule has 0 N–H and O–H groups in total. The lowest BCUT2D eigenvalue weighted by molar-refractivity contribution is 0.455. The molecule has 1 saturated carbocycles. The number of aliphatic imine (C=N–C) groups is 1. The third-order valence-corrected chi connectivity index (χ3v) is 3.45. The maximum absolute atomic E-state index is 5.67. The number of allylic oxidation sites excluding steroid dienone is 1. The Hall–Kier alpha value is -1.57. The van der Waals surface area contributed by atoms with Gasteiger partial charge in [-0.25, -0.2) is 0 Å². The molecule has 0 aromatic heterocycles. The predicted molar refractivity (Wildman–Crippen MR) is 76.1 cm³/mol. The first kappa shape index (κ1) is 12.9. The molecule has 0 bridgehead atoms. The molecular formula is C16H21NO. The van der Waals surface area contributed by atoms with Crippen molar-refractivity contribution in [2.24, 2.45) is 10.9 Å². The summed E-state index contributed by atoms with van der Waals surface area (Å²) in [7, 11) is 0. The summed E-state index contributed by atoms with van der Waals surface area (Å²) in [5.74, 6) is 2.24. The van der Waals surface area contributed by atoms with Crippen LogP contribution in [-0.4, -0.2) is 12.3 Å². The minimum atomic E-state index is 0.652. The van der Waals surface area contributed by atoms with E-state index in [4.69, 9.17) is 4.74 Å². The molecule has 0 atom stereocenters. The number of nitrogens with zero attached hydrogens (tertiary/aromatic N) is 1. The van der Waals surface area contributed by atoms with Gasteiger partial charge in [0, 0.05) is 6.54 Å². The summed E-state index contributed by atoms with van der Waals surface area (Å²) in [6, 6.07) is 9.72. The van der Waals surface area contributed by atoms with Gasteiger partial charge in [-0.15, -0.1) is 0 Å². The number of benzene rings is 1. The van der Waals surface area contributed by atoms with Crippen molar-refractivity contribution in [2.45, 2.75) is 32.6 Å². The fraction of sp³-hybridized carbons (Fsp3) is 0.438.